The number of aliphatic hydroxyl groups excluding tert-OH is 1. The summed E-state index contributed by atoms with van der Waals surface area (Å²) in [5.41, 5.74) is 1.10. The van der Waals surface area contributed by atoms with Crippen molar-refractivity contribution >= 4 is 0 Å². The van der Waals surface area contributed by atoms with Crippen molar-refractivity contribution in [1.82, 2.24) is 4.90 Å². The molecule has 2 rings (SSSR count). The van der Waals surface area contributed by atoms with Crippen LogP contribution in [-0.4, -0.2) is 34.8 Å². The molecule has 100 valence electrons. The molecule has 0 bridgehead atoms. The van der Waals surface area contributed by atoms with Crippen LogP contribution in [-0.2, 0) is 6.54 Å². The first-order chi connectivity index (χ1) is 8.54. The smallest absolute Gasteiger partial charge is 0.119 e. The fourth-order valence-corrected chi connectivity index (χ4v) is 2.53. The van der Waals surface area contributed by atoms with Crippen molar-refractivity contribution in [3.63, 3.8) is 0 Å². The van der Waals surface area contributed by atoms with Gasteiger partial charge in [-0.3, -0.25) is 4.90 Å². The van der Waals surface area contributed by atoms with Crippen LogP contribution in [0.3, 0.4) is 0 Å². The van der Waals surface area contributed by atoms with E-state index in [1.54, 1.807) is 0 Å². The predicted octanol–water partition coefficient (Wildman–Crippen LogP) is 2.43. The molecular weight excluding hydrogens is 226 g/mol. The summed E-state index contributed by atoms with van der Waals surface area (Å²) in [6.45, 7) is 8.72. The summed E-state index contributed by atoms with van der Waals surface area (Å²) in [4.78, 5) is 2.34. The molecule has 1 saturated heterocycles. The first kappa shape index (κ1) is 13.4. The molecule has 0 aromatic heterocycles. The Morgan fingerprint density at radius 3 is 2.83 bits per heavy atom. The van der Waals surface area contributed by atoms with Crippen LogP contribution in [0, 0.1) is 0 Å². The Morgan fingerprint density at radius 2 is 2.22 bits per heavy atom. The van der Waals surface area contributed by atoms with Crippen LogP contribution >= 0.6 is 0 Å². The van der Waals surface area contributed by atoms with Crippen molar-refractivity contribution in [1.29, 1.82) is 0 Å². The number of rotatable bonds is 4. The van der Waals surface area contributed by atoms with Gasteiger partial charge in [-0.2, -0.15) is 0 Å². The van der Waals surface area contributed by atoms with Gasteiger partial charge >= 0.3 is 0 Å². The Kier molecular flexibility index (Phi) is 3.93. The minimum Gasteiger partial charge on any atom is -0.494 e. The van der Waals surface area contributed by atoms with E-state index in [0.717, 1.165) is 25.3 Å². The van der Waals surface area contributed by atoms with Gasteiger partial charge in [-0.05, 0) is 44.9 Å². The predicted molar refractivity (Wildman–Crippen MR) is 72.7 cm³/mol. The zero-order valence-corrected chi connectivity index (χ0v) is 11.5. The number of hydrogen-bond donors (Lipinski definition) is 1. The second kappa shape index (κ2) is 5.29. The Morgan fingerprint density at radius 1 is 1.44 bits per heavy atom. The maximum Gasteiger partial charge on any atom is 0.119 e. The van der Waals surface area contributed by atoms with Gasteiger partial charge < -0.3 is 9.84 Å². The van der Waals surface area contributed by atoms with Crippen LogP contribution in [0.5, 0.6) is 5.75 Å². The first-order valence-electron chi connectivity index (χ1n) is 6.69. The molecule has 3 nitrogen and oxygen atoms in total. The van der Waals surface area contributed by atoms with Crippen molar-refractivity contribution in [3.8, 4) is 5.75 Å². The van der Waals surface area contributed by atoms with Crippen LogP contribution < -0.4 is 4.74 Å². The molecule has 1 aliphatic heterocycles. The van der Waals surface area contributed by atoms with Crippen LogP contribution in [0.1, 0.15) is 32.8 Å². The van der Waals surface area contributed by atoms with E-state index in [4.69, 9.17) is 4.74 Å². The zero-order valence-electron chi connectivity index (χ0n) is 11.5. The Labute approximate surface area is 109 Å². The molecule has 0 spiro atoms. The topological polar surface area (TPSA) is 32.7 Å². The van der Waals surface area contributed by atoms with Crippen molar-refractivity contribution in [2.45, 2.75) is 45.4 Å². The summed E-state index contributed by atoms with van der Waals surface area (Å²) in [6, 6.07) is 8.21. The van der Waals surface area contributed by atoms with Gasteiger partial charge in [0.25, 0.3) is 0 Å². The van der Waals surface area contributed by atoms with Crippen molar-refractivity contribution in [2.24, 2.45) is 0 Å². The number of hydrogen-bond acceptors (Lipinski definition) is 3. The van der Waals surface area contributed by atoms with E-state index in [1.165, 1.54) is 5.56 Å². The molecule has 1 aliphatic rings. The highest BCUT2D eigenvalue weighted by molar-refractivity contribution is 5.28. The van der Waals surface area contributed by atoms with Gasteiger partial charge in [-0.15, -0.1) is 0 Å². The molecule has 0 radical (unpaired) electrons. The van der Waals surface area contributed by atoms with Crippen molar-refractivity contribution in [3.05, 3.63) is 29.8 Å². The zero-order chi connectivity index (χ0) is 13.2. The van der Waals surface area contributed by atoms with Gasteiger partial charge in [0.2, 0.25) is 0 Å². The highest BCUT2D eigenvalue weighted by Gasteiger charge is 2.39. The van der Waals surface area contributed by atoms with Gasteiger partial charge in [0.05, 0.1) is 12.7 Å². The molecule has 0 aliphatic carbocycles. The van der Waals surface area contributed by atoms with Gasteiger partial charge in [0, 0.05) is 18.6 Å². The normalized spacial score (nSPS) is 23.2. The second-order valence-electron chi connectivity index (χ2n) is 5.46. The second-order valence-corrected chi connectivity index (χ2v) is 5.46. The van der Waals surface area contributed by atoms with Crippen LogP contribution in [0.15, 0.2) is 24.3 Å². The Hall–Kier alpha value is -1.06. The lowest BCUT2D eigenvalue weighted by molar-refractivity contribution is 0.0506. The number of benzene rings is 1. The number of aliphatic hydroxyl groups is 1. The van der Waals surface area contributed by atoms with Crippen LogP contribution in [0.4, 0.5) is 0 Å². The average Bonchev–Trinajstić information content (AvgIpc) is 2.57. The summed E-state index contributed by atoms with van der Waals surface area (Å²) in [6.07, 6.45) is 0.630. The lowest BCUT2D eigenvalue weighted by Crippen LogP contribution is -2.44. The van der Waals surface area contributed by atoms with E-state index in [0.29, 0.717) is 6.61 Å². The van der Waals surface area contributed by atoms with E-state index >= 15 is 0 Å². The summed E-state index contributed by atoms with van der Waals surface area (Å²) in [7, 11) is 0. The standard InChI is InChI=1S/C15H23NO2/c1-4-18-13-7-5-6-12(10-13)11-16-9-8-14(17)15(16,2)3/h5-7,10,14,17H,4,8-9,11H2,1-3H3. The van der Waals surface area contributed by atoms with Gasteiger partial charge in [-0.1, -0.05) is 12.1 Å². The number of likely N-dealkylation sites (tertiary alicyclic amines) is 1. The number of ether oxygens (including phenoxy) is 1. The third-order valence-corrected chi connectivity index (χ3v) is 3.89. The summed E-state index contributed by atoms with van der Waals surface area (Å²) in [5, 5.41) is 9.98. The monoisotopic (exact) mass is 249 g/mol. The maximum absolute atomic E-state index is 9.98. The van der Waals surface area contributed by atoms with Crippen molar-refractivity contribution < 1.29 is 9.84 Å². The fraction of sp³-hybridized carbons (Fsp3) is 0.600. The Balaban J connectivity index is 2.07. The van der Waals surface area contributed by atoms with Crippen LogP contribution in [0.2, 0.25) is 0 Å². The third-order valence-electron chi connectivity index (χ3n) is 3.89. The Bertz CT molecular complexity index is 403. The molecule has 1 aromatic rings. The molecule has 3 heteroatoms. The number of nitrogens with zero attached hydrogens (tertiary/aromatic N) is 1. The highest BCUT2D eigenvalue weighted by Crippen LogP contribution is 2.30. The summed E-state index contributed by atoms with van der Waals surface area (Å²) >= 11 is 0. The highest BCUT2D eigenvalue weighted by atomic mass is 16.5. The molecule has 0 amide bonds. The van der Waals surface area contributed by atoms with Crippen molar-refractivity contribution in [2.75, 3.05) is 13.2 Å². The molecular formula is C15H23NO2. The van der Waals surface area contributed by atoms with Gasteiger partial charge in [-0.25, -0.2) is 0 Å². The van der Waals surface area contributed by atoms with E-state index in [-0.39, 0.29) is 11.6 Å². The molecule has 1 atom stereocenters. The van der Waals surface area contributed by atoms with Gasteiger partial charge in [0.1, 0.15) is 5.75 Å². The van der Waals surface area contributed by atoms with E-state index in [9.17, 15) is 5.11 Å². The lowest BCUT2D eigenvalue weighted by atomic mass is 9.98. The van der Waals surface area contributed by atoms with E-state index in [2.05, 4.69) is 30.9 Å². The average molecular weight is 249 g/mol. The maximum atomic E-state index is 9.98. The van der Waals surface area contributed by atoms with Gasteiger partial charge in [0.15, 0.2) is 0 Å². The summed E-state index contributed by atoms with van der Waals surface area (Å²) in [5.74, 6) is 0.924. The minimum absolute atomic E-state index is 0.137. The molecule has 1 unspecified atom stereocenters. The third kappa shape index (κ3) is 2.68. The molecule has 18 heavy (non-hydrogen) atoms. The molecule has 0 saturated carbocycles. The van der Waals surface area contributed by atoms with Crippen LogP contribution in [0.25, 0.3) is 0 Å². The molecule has 1 N–H and O–H groups in total. The lowest BCUT2D eigenvalue weighted by Gasteiger charge is -2.33. The first-order valence-corrected chi connectivity index (χ1v) is 6.69. The minimum atomic E-state index is -0.229. The summed E-state index contributed by atoms with van der Waals surface area (Å²) < 4.78 is 5.52. The largest absolute Gasteiger partial charge is 0.494 e. The van der Waals surface area contributed by atoms with E-state index < -0.39 is 0 Å². The molecule has 1 fully saturated rings. The molecule has 1 aromatic carbocycles. The fourth-order valence-electron chi connectivity index (χ4n) is 2.53. The molecule has 1 heterocycles. The van der Waals surface area contributed by atoms with E-state index in [1.807, 2.05) is 19.1 Å². The quantitative estimate of drug-likeness (QED) is 0.889. The SMILES string of the molecule is CCOc1cccc(CN2CCC(O)C2(C)C)c1.